The van der Waals surface area contributed by atoms with E-state index in [9.17, 15) is 4.79 Å². The maximum atomic E-state index is 10.9. The molecule has 1 aliphatic rings. The van der Waals surface area contributed by atoms with Crippen LogP contribution in [0.1, 0.15) is 29.6 Å². The fourth-order valence-corrected chi connectivity index (χ4v) is 1.62. The van der Waals surface area contributed by atoms with Gasteiger partial charge in [-0.1, -0.05) is 6.42 Å². The quantitative estimate of drug-likeness (QED) is 0.738. The summed E-state index contributed by atoms with van der Waals surface area (Å²) in [5.74, 6) is 0.0854. The normalized spacial score (nSPS) is 16.9. The van der Waals surface area contributed by atoms with Gasteiger partial charge in [-0.25, -0.2) is 15.4 Å². The van der Waals surface area contributed by atoms with E-state index in [1.54, 1.807) is 0 Å². The molecule has 0 atom stereocenters. The van der Waals surface area contributed by atoms with Gasteiger partial charge in [0.25, 0.3) is 5.91 Å². The third kappa shape index (κ3) is 2.46. The molecule has 2 rings (SSSR count). The molecule has 1 saturated heterocycles. The Morgan fingerprint density at radius 3 is 2.75 bits per heavy atom. The van der Waals surface area contributed by atoms with Crippen molar-refractivity contribution < 1.29 is 4.79 Å². The monoisotopic (exact) mass is 221 g/mol. The summed E-state index contributed by atoms with van der Waals surface area (Å²) in [5, 5.41) is 1.91. The van der Waals surface area contributed by atoms with Gasteiger partial charge in [0.2, 0.25) is 5.95 Å². The number of hydrazine groups is 1. The molecule has 0 radical (unpaired) electrons. The molecule has 3 N–H and O–H groups in total. The Balaban J connectivity index is 2.10. The number of nitrogens with one attached hydrogen (secondary N) is 1. The third-order valence-corrected chi connectivity index (χ3v) is 2.53. The van der Waals surface area contributed by atoms with Crippen molar-refractivity contribution in [1.82, 2.24) is 15.4 Å². The van der Waals surface area contributed by atoms with Crippen molar-refractivity contribution >= 4 is 11.9 Å². The average Bonchev–Trinajstić information content (AvgIpc) is 2.57. The topological polar surface area (TPSA) is 84.1 Å². The van der Waals surface area contributed by atoms with E-state index in [-0.39, 0.29) is 0 Å². The van der Waals surface area contributed by atoms with E-state index in [2.05, 4.69) is 15.4 Å². The molecule has 0 aliphatic carbocycles. The molecule has 6 heteroatoms. The average molecular weight is 221 g/mol. The first-order valence-corrected chi connectivity index (χ1v) is 5.40. The summed E-state index contributed by atoms with van der Waals surface area (Å²) in [5.41, 5.74) is 8.69. The first kappa shape index (κ1) is 10.8. The summed E-state index contributed by atoms with van der Waals surface area (Å²) >= 11 is 0. The minimum atomic E-state index is -0.504. The molecule has 0 saturated carbocycles. The zero-order chi connectivity index (χ0) is 11.4. The van der Waals surface area contributed by atoms with Gasteiger partial charge in [-0.3, -0.25) is 9.80 Å². The highest BCUT2D eigenvalue weighted by Crippen LogP contribution is 2.09. The van der Waals surface area contributed by atoms with E-state index in [0.717, 1.165) is 25.9 Å². The highest BCUT2D eigenvalue weighted by Gasteiger charge is 2.12. The van der Waals surface area contributed by atoms with Gasteiger partial charge in [0.15, 0.2) is 0 Å². The Kier molecular flexibility index (Phi) is 3.31. The van der Waals surface area contributed by atoms with E-state index in [4.69, 9.17) is 5.73 Å². The molecule has 0 spiro atoms. The second-order valence-electron chi connectivity index (χ2n) is 3.76. The zero-order valence-electron chi connectivity index (χ0n) is 9.02. The van der Waals surface area contributed by atoms with Crippen LogP contribution in [0.2, 0.25) is 0 Å². The summed E-state index contributed by atoms with van der Waals surface area (Å²) in [6, 6.07) is 0. The first-order chi connectivity index (χ1) is 7.77. The molecule has 6 nitrogen and oxygen atoms in total. The smallest absolute Gasteiger partial charge is 0.251 e. The first-order valence-electron chi connectivity index (χ1n) is 5.40. The highest BCUT2D eigenvalue weighted by atomic mass is 16.1. The van der Waals surface area contributed by atoms with Gasteiger partial charge in [-0.05, 0) is 12.8 Å². The van der Waals surface area contributed by atoms with E-state index < -0.39 is 5.91 Å². The number of amides is 1. The molecule has 1 fully saturated rings. The molecule has 1 aliphatic heterocycles. The van der Waals surface area contributed by atoms with Gasteiger partial charge in [0.1, 0.15) is 0 Å². The van der Waals surface area contributed by atoms with Gasteiger partial charge >= 0.3 is 0 Å². The van der Waals surface area contributed by atoms with Crippen LogP contribution in [0.5, 0.6) is 0 Å². The van der Waals surface area contributed by atoms with Crippen LogP contribution in [0.4, 0.5) is 5.95 Å². The Hall–Kier alpha value is -1.69. The minimum absolute atomic E-state index is 0.332. The van der Waals surface area contributed by atoms with E-state index in [1.807, 2.05) is 5.01 Å². The number of nitrogens with zero attached hydrogens (tertiary/aromatic N) is 3. The lowest BCUT2D eigenvalue weighted by atomic mass is 10.2. The summed E-state index contributed by atoms with van der Waals surface area (Å²) < 4.78 is 0. The minimum Gasteiger partial charge on any atom is -0.366 e. The number of carbonyl (C=O) groups excluding carboxylic acids is 1. The van der Waals surface area contributed by atoms with E-state index >= 15 is 0 Å². The Labute approximate surface area is 93.8 Å². The predicted octanol–water partition coefficient (Wildman–Crippen LogP) is 0.0704. The van der Waals surface area contributed by atoms with Crippen molar-refractivity contribution in [3.05, 3.63) is 18.0 Å². The zero-order valence-corrected chi connectivity index (χ0v) is 9.02. The number of nitrogens with two attached hydrogens (primary N) is 1. The van der Waals surface area contributed by atoms with Crippen LogP contribution in [-0.4, -0.2) is 29.0 Å². The number of rotatable bonds is 2. The van der Waals surface area contributed by atoms with Gasteiger partial charge in [0, 0.05) is 25.5 Å². The van der Waals surface area contributed by atoms with Crippen molar-refractivity contribution in [1.29, 1.82) is 0 Å². The number of hydrogen-bond donors (Lipinski definition) is 2. The van der Waals surface area contributed by atoms with Crippen molar-refractivity contribution in [3.8, 4) is 0 Å². The summed E-state index contributed by atoms with van der Waals surface area (Å²) in [4.78, 5) is 19.1. The van der Waals surface area contributed by atoms with Crippen LogP contribution < -0.4 is 16.2 Å². The fraction of sp³-hybridized carbons (Fsp3) is 0.500. The van der Waals surface area contributed by atoms with Crippen molar-refractivity contribution in [2.75, 3.05) is 18.1 Å². The number of anilines is 1. The molecule has 86 valence electrons. The van der Waals surface area contributed by atoms with E-state index in [0.29, 0.717) is 11.5 Å². The molecular formula is C10H15N5O. The highest BCUT2D eigenvalue weighted by molar-refractivity contribution is 5.92. The molecule has 0 unspecified atom stereocenters. The Morgan fingerprint density at radius 1 is 1.31 bits per heavy atom. The summed E-state index contributed by atoms with van der Waals surface area (Å²) in [7, 11) is 0. The van der Waals surface area contributed by atoms with Crippen molar-refractivity contribution in [2.24, 2.45) is 5.73 Å². The second kappa shape index (κ2) is 4.89. The maximum absolute atomic E-state index is 10.9. The second-order valence-corrected chi connectivity index (χ2v) is 3.76. The largest absolute Gasteiger partial charge is 0.366 e. The van der Waals surface area contributed by atoms with Crippen LogP contribution in [-0.2, 0) is 0 Å². The Morgan fingerprint density at radius 2 is 2.06 bits per heavy atom. The van der Waals surface area contributed by atoms with Crippen molar-refractivity contribution in [2.45, 2.75) is 19.3 Å². The fourth-order valence-electron chi connectivity index (χ4n) is 1.62. The lowest BCUT2D eigenvalue weighted by molar-refractivity contribution is 0.0999. The SMILES string of the molecule is NC(=O)c1cnc(N2CCCCCN2)nc1. The molecule has 0 aromatic carbocycles. The molecule has 16 heavy (non-hydrogen) atoms. The van der Waals surface area contributed by atoms with Gasteiger partial charge < -0.3 is 5.73 Å². The van der Waals surface area contributed by atoms with Crippen LogP contribution in [0, 0.1) is 0 Å². The number of primary amides is 1. The van der Waals surface area contributed by atoms with Crippen LogP contribution in [0.3, 0.4) is 0 Å². The van der Waals surface area contributed by atoms with Crippen LogP contribution >= 0.6 is 0 Å². The molecule has 2 heterocycles. The third-order valence-electron chi connectivity index (χ3n) is 2.53. The van der Waals surface area contributed by atoms with Crippen LogP contribution in [0.15, 0.2) is 12.4 Å². The molecular weight excluding hydrogens is 206 g/mol. The van der Waals surface area contributed by atoms with Gasteiger partial charge in [-0.15, -0.1) is 0 Å². The number of hydrogen-bond acceptors (Lipinski definition) is 5. The number of aromatic nitrogens is 2. The predicted molar refractivity (Wildman–Crippen MR) is 59.7 cm³/mol. The summed E-state index contributed by atoms with van der Waals surface area (Å²) in [6.07, 6.45) is 6.40. The molecule has 1 amide bonds. The molecule has 1 aromatic rings. The maximum Gasteiger partial charge on any atom is 0.251 e. The van der Waals surface area contributed by atoms with Crippen LogP contribution in [0.25, 0.3) is 0 Å². The molecule has 0 bridgehead atoms. The summed E-state index contributed by atoms with van der Waals surface area (Å²) in [6.45, 7) is 1.82. The molecule has 1 aromatic heterocycles. The number of carbonyl (C=O) groups is 1. The van der Waals surface area contributed by atoms with Gasteiger partial charge in [-0.2, -0.15) is 0 Å². The van der Waals surface area contributed by atoms with Crippen molar-refractivity contribution in [3.63, 3.8) is 0 Å². The standard InChI is InChI=1S/C10H15N5O/c11-9(16)8-6-12-10(13-7-8)15-5-3-1-2-4-14-15/h6-7,14H,1-5H2,(H2,11,16). The van der Waals surface area contributed by atoms with Gasteiger partial charge in [0.05, 0.1) is 5.56 Å². The van der Waals surface area contributed by atoms with E-state index in [1.165, 1.54) is 18.8 Å². The lowest BCUT2D eigenvalue weighted by Crippen LogP contribution is -2.39. The Bertz CT molecular complexity index is 356. The lowest BCUT2D eigenvalue weighted by Gasteiger charge is -2.20.